The minimum atomic E-state index is -3.87. The summed E-state index contributed by atoms with van der Waals surface area (Å²) in [4.78, 5) is 12.6. The number of carbonyl (C=O) groups is 1. The Kier molecular flexibility index (Phi) is 7.11. The number of rotatable bonds is 7. The third kappa shape index (κ3) is 5.22. The van der Waals surface area contributed by atoms with Crippen LogP contribution in [0.4, 0.5) is 5.69 Å². The van der Waals surface area contributed by atoms with E-state index in [4.69, 9.17) is 4.74 Å². The molecule has 2 aromatic rings. The summed E-state index contributed by atoms with van der Waals surface area (Å²) in [6.45, 7) is 0.665. The van der Waals surface area contributed by atoms with Gasteiger partial charge < -0.3 is 10.1 Å². The monoisotopic (exact) mass is 481 g/mol. The van der Waals surface area contributed by atoms with Crippen LogP contribution in [-0.2, 0) is 20.0 Å². The van der Waals surface area contributed by atoms with Crippen LogP contribution < -0.4 is 14.4 Å². The van der Waals surface area contributed by atoms with Gasteiger partial charge >= 0.3 is 0 Å². The van der Waals surface area contributed by atoms with E-state index in [1.165, 1.54) is 42.7 Å². The second-order valence-electron chi connectivity index (χ2n) is 7.60. The van der Waals surface area contributed by atoms with Crippen LogP contribution in [0.1, 0.15) is 23.2 Å². The van der Waals surface area contributed by atoms with Gasteiger partial charge in [-0.15, -0.1) is 0 Å². The van der Waals surface area contributed by atoms with Gasteiger partial charge in [-0.25, -0.2) is 21.1 Å². The topological polar surface area (TPSA) is 113 Å². The molecule has 2 aromatic carbocycles. The molecule has 1 aliphatic heterocycles. The Balaban J connectivity index is 1.73. The molecule has 1 aliphatic rings. The molecule has 0 radical (unpaired) electrons. The SMILES string of the molecule is COc1ccccc1N(C)S(=O)(=O)c1ccc(C(=O)NC2CCCN(S(C)(=O)=O)C2)cc1. The Morgan fingerprint density at radius 2 is 1.75 bits per heavy atom. The zero-order valence-corrected chi connectivity index (χ0v) is 19.8. The van der Waals surface area contributed by atoms with E-state index in [-0.39, 0.29) is 23.4 Å². The van der Waals surface area contributed by atoms with Gasteiger partial charge in [0.2, 0.25) is 10.0 Å². The lowest BCUT2D eigenvalue weighted by Gasteiger charge is -2.31. The first-order chi connectivity index (χ1) is 15.0. The van der Waals surface area contributed by atoms with Gasteiger partial charge in [0.05, 0.1) is 23.9 Å². The number of sulfonamides is 2. The lowest BCUT2D eigenvalue weighted by Crippen LogP contribution is -2.49. The molecule has 1 fully saturated rings. The summed E-state index contributed by atoms with van der Waals surface area (Å²) in [5, 5.41) is 2.84. The average Bonchev–Trinajstić information content (AvgIpc) is 2.78. The lowest BCUT2D eigenvalue weighted by atomic mass is 10.1. The predicted octanol–water partition coefficient (Wildman–Crippen LogP) is 1.67. The van der Waals surface area contributed by atoms with Crippen molar-refractivity contribution in [3.8, 4) is 5.75 Å². The van der Waals surface area contributed by atoms with Crippen LogP contribution in [0.5, 0.6) is 5.75 Å². The number of ether oxygens (including phenoxy) is 1. The molecular weight excluding hydrogens is 454 g/mol. The number of benzene rings is 2. The summed E-state index contributed by atoms with van der Waals surface area (Å²) in [6.07, 6.45) is 2.48. The Labute approximate surface area is 189 Å². The normalized spacial score (nSPS) is 17.5. The number of piperidine rings is 1. The molecule has 3 rings (SSSR count). The number of anilines is 1. The molecule has 0 aliphatic carbocycles. The fraction of sp³-hybridized carbons (Fsp3) is 0.381. The maximum atomic E-state index is 13.0. The molecule has 1 amide bonds. The van der Waals surface area contributed by atoms with Crippen molar-refractivity contribution in [3.05, 3.63) is 54.1 Å². The predicted molar refractivity (Wildman–Crippen MR) is 122 cm³/mol. The van der Waals surface area contributed by atoms with Crippen molar-refractivity contribution in [2.24, 2.45) is 0 Å². The summed E-state index contributed by atoms with van der Waals surface area (Å²) in [5.41, 5.74) is 0.685. The first kappa shape index (κ1) is 24.0. The van der Waals surface area contributed by atoms with E-state index >= 15 is 0 Å². The Morgan fingerprint density at radius 3 is 2.38 bits per heavy atom. The summed E-state index contributed by atoms with van der Waals surface area (Å²) < 4.78 is 57.3. The van der Waals surface area contributed by atoms with E-state index in [0.29, 0.717) is 36.4 Å². The van der Waals surface area contributed by atoms with Gasteiger partial charge in [-0.1, -0.05) is 12.1 Å². The highest BCUT2D eigenvalue weighted by Gasteiger charge is 2.28. The van der Waals surface area contributed by atoms with Crippen LogP contribution in [-0.4, -0.2) is 66.6 Å². The third-order valence-electron chi connectivity index (χ3n) is 5.39. The molecule has 0 aromatic heterocycles. The largest absolute Gasteiger partial charge is 0.495 e. The van der Waals surface area contributed by atoms with Gasteiger partial charge in [0.25, 0.3) is 15.9 Å². The second kappa shape index (κ2) is 9.47. The molecule has 0 spiro atoms. The highest BCUT2D eigenvalue weighted by Crippen LogP contribution is 2.30. The first-order valence-corrected chi connectivity index (χ1v) is 13.3. The molecule has 1 atom stereocenters. The van der Waals surface area contributed by atoms with Gasteiger partial charge in [-0.05, 0) is 49.2 Å². The van der Waals surface area contributed by atoms with E-state index in [1.54, 1.807) is 24.3 Å². The van der Waals surface area contributed by atoms with Gasteiger partial charge in [-0.3, -0.25) is 9.10 Å². The van der Waals surface area contributed by atoms with Crippen LogP contribution in [0.15, 0.2) is 53.4 Å². The van der Waals surface area contributed by atoms with E-state index in [9.17, 15) is 21.6 Å². The number of para-hydroxylation sites is 2. The molecule has 32 heavy (non-hydrogen) atoms. The van der Waals surface area contributed by atoms with Gasteiger partial charge in [0, 0.05) is 31.7 Å². The Morgan fingerprint density at radius 1 is 1.09 bits per heavy atom. The highest BCUT2D eigenvalue weighted by atomic mass is 32.2. The molecule has 0 saturated carbocycles. The summed E-state index contributed by atoms with van der Waals surface area (Å²) in [7, 11) is -4.28. The van der Waals surface area contributed by atoms with E-state index < -0.39 is 20.0 Å². The number of nitrogens with zero attached hydrogens (tertiary/aromatic N) is 2. The molecule has 11 heteroatoms. The fourth-order valence-electron chi connectivity index (χ4n) is 3.59. The number of nitrogens with one attached hydrogen (secondary N) is 1. The standard InChI is InChI=1S/C21H27N3O6S2/c1-23(19-8-4-5-9-20(19)30-2)32(28,29)18-12-10-16(11-13-18)21(25)22-17-7-6-14-24(15-17)31(3,26)27/h4-5,8-13,17H,6-7,14-15H2,1-3H3,(H,22,25). The molecule has 1 N–H and O–H groups in total. The molecule has 0 bridgehead atoms. The first-order valence-electron chi connectivity index (χ1n) is 10.0. The third-order valence-corrected chi connectivity index (χ3v) is 8.44. The van der Waals surface area contributed by atoms with Crippen molar-refractivity contribution in [1.29, 1.82) is 0 Å². The van der Waals surface area contributed by atoms with Crippen LogP contribution in [0.2, 0.25) is 0 Å². The van der Waals surface area contributed by atoms with Crippen LogP contribution in [0, 0.1) is 0 Å². The summed E-state index contributed by atoms with van der Waals surface area (Å²) >= 11 is 0. The number of carbonyl (C=O) groups excluding carboxylic acids is 1. The van der Waals surface area contributed by atoms with Crippen molar-refractivity contribution in [2.45, 2.75) is 23.8 Å². The van der Waals surface area contributed by atoms with Gasteiger partial charge in [0.15, 0.2) is 0 Å². The minimum absolute atomic E-state index is 0.0309. The van der Waals surface area contributed by atoms with Crippen LogP contribution in [0.3, 0.4) is 0 Å². The smallest absolute Gasteiger partial charge is 0.264 e. The molecule has 1 unspecified atom stereocenters. The fourth-order valence-corrected chi connectivity index (χ4v) is 5.70. The zero-order chi connectivity index (χ0) is 23.5. The highest BCUT2D eigenvalue weighted by molar-refractivity contribution is 7.92. The van der Waals surface area contributed by atoms with Crippen molar-refractivity contribution >= 4 is 31.6 Å². The van der Waals surface area contributed by atoms with Crippen LogP contribution >= 0.6 is 0 Å². The van der Waals surface area contributed by atoms with Gasteiger partial charge in [-0.2, -0.15) is 0 Å². The zero-order valence-electron chi connectivity index (χ0n) is 18.2. The quantitative estimate of drug-likeness (QED) is 0.644. The van der Waals surface area contributed by atoms with E-state index in [0.717, 1.165) is 10.6 Å². The molecule has 9 nitrogen and oxygen atoms in total. The van der Waals surface area contributed by atoms with Gasteiger partial charge in [0.1, 0.15) is 5.75 Å². The number of hydrogen-bond acceptors (Lipinski definition) is 6. The molecule has 174 valence electrons. The van der Waals surface area contributed by atoms with Crippen LogP contribution in [0.25, 0.3) is 0 Å². The maximum Gasteiger partial charge on any atom is 0.264 e. The summed E-state index contributed by atoms with van der Waals surface area (Å²) in [6, 6.07) is 12.1. The molecule has 1 saturated heterocycles. The van der Waals surface area contributed by atoms with Crippen molar-refractivity contribution < 1.29 is 26.4 Å². The summed E-state index contributed by atoms with van der Waals surface area (Å²) in [5.74, 6) is 0.0394. The van der Waals surface area contributed by atoms with E-state index in [1.807, 2.05) is 0 Å². The second-order valence-corrected chi connectivity index (χ2v) is 11.6. The maximum absolute atomic E-state index is 13.0. The molecular formula is C21H27N3O6S2. The Hall–Kier alpha value is -2.63. The number of methoxy groups -OCH3 is 1. The minimum Gasteiger partial charge on any atom is -0.495 e. The van der Waals surface area contributed by atoms with Crippen molar-refractivity contribution in [2.75, 3.05) is 37.8 Å². The molecule has 1 heterocycles. The number of hydrogen-bond donors (Lipinski definition) is 1. The van der Waals surface area contributed by atoms with Crippen molar-refractivity contribution in [3.63, 3.8) is 0 Å². The lowest BCUT2D eigenvalue weighted by molar-refractivity contribution is 0.0921. The Bertz CT molecular complexity index is 1180. The average molecular weight is 482 g/mol. The van der Waals surface area contributed by atoms with Crippen molar-refractivity contribution in [1.82, 2.24) is 9.62 Å². The van der Waals surface area contributed by atoms with E-state index in [2.05, 4.69) is 5.32 Å². The number of amides is 1.